The highest BCUT2D eigenvalue weighted by Crippen LogP contribution is 2.11. The molecule has 154 valence electrons. The van der Waals surface area contributed by atoms with Crippen LogP contribution >= 0.6 is 12.4 Å². The Morgan fingerprint density at radius 2 is 2.12 bits per heavy atom. The van der Waals surface area contributed by atoms with Gasteiger partial charge in [-0.1, -0.05) is 26.0 Å². The van der Waals surface area contributed by atoms with E-state index in [-0.39, 0.29) is 31.5 Å². The summed E-state index contributed by atoms with van der Waals surface area (Å²) in [5.41, 5.74) is 0. The highest BCUT2D eigenvalue weighted by molar-refractivity contribution is 5.85. The van der Waals surface area contributed by atoms with E-state index in [1.807, 2.05) is 12.2 Å². The van der Waals surface area contributed by atoms with Crippen molar-refractivity contribution in [2.75, 3.05) is 46.0 Å². The number of ether oxygens (including phenoxy) is 2. The second-order valence-electron chi connectivity index (χ2n) is 6.83. The predicted octanol–water partition coefficient (Wildman–Crippen LogP) is 0.586. The number of nitrogens with one attached hydrogen (secondary N) is 1. The number of aliphatic hydroxyl groups is 2. The average Bonchev–Trinajstić information content (AvgIpc) is 2.55. The molecule has 0 aromatic heterocycles. The molecule has 0 aliphatic carbocycles. The van der Waals surface area contributed by atoms with Gasteiger partial charge in [-0.2, -0.15) is 0 Å². The van der Waals surface area contributed by atoms with Crippen LogP contribution in [0.5, 0.6) is 0 Å². The molecule has 3 N–H and O–H groups in total. The number of halogens is 1. The third-order valence-corrected chi connectivity index (χ3v) is 4.14. The fourth-order valence-electron chi connectivity index (χ4n) is 2.46. The van der Waals surface area contributed by atoms with E-state index < -0.39 is 18.3 Å². The summed E-state index contributed by atoms with van der Waals surface area (Å²) in [5.74, 6) is 0.392. The number of amides is 1. The summed E-state index contributed by atoms with van der Waals surface area (Å²) in [6, 6.07) is 0. The molecule has 0 saturated carbocycles. The number of hydrogen-bond donors (Lipinski definition) is 3. The number of rotatable bonds is 4. The van der Waals surface area contributed by atoms with Gasteiger partial charge < -0.3 is 29.9 Å². The highest BCUT2D eigenvalue weighted by atomic mass is 35.5. The molecule has 0 bridgehead atoms. The van der Waals surface area contributed by atoms with Crippen molar-refractivity contribution in [2.24, 2.45) is 5.92 Å². The van der Waals surface area contributed by atoms with Crippen LogP contribution in [0.3, 0.4) is 0 Å². The van der Waals surface area contributed by atoms with E-state index in [0.717, 1.165) is 6.42 Å². The van der Waals surface area contributed by atoms with Crippen LogP contribution in [0, 0.1) is 5.92 Å². The van der Waals surface area contributed by atoms with Gasteiger partial charge in [0, 0.05) is 39.7 Å². The van der Waals surface area contributed by atoms with Crippen LogP contribution in [0.2, 0.25) is 0 Å². The molecule has 0 aromatic rings. The SMILES string of the molecule is CC(=O)N1CCNC/C=C/COC[C@@H](O)[C@@H](O)[C@H](OCCC(C)C)C1.Cl. The van der Waals surface area contributed by atoms with Crippen LogP contribution in [0.25, 0.3) is 0 Å². The van der Waals surface area contributed by atoms with Crippen LogP contribution in [0.4, 0.5) is 0 Å². The van der Waals surface area contributed by atoms with Gasteiger partial charge in [-0.25, -0.2) is 0 Å². The van der Waals surface area contributed by atoms with E-state index in [1.165, 1.54) is 6.92 Å². The lowest BCUT2D eigenvalue weighted by molar-refractivity contribution is -0.139. The first kappa shape index (κ1) is 25.3. The normalized spacial score (nSPS) is 27.5. The molecule has 1 aliphatic heterocycles. The van der Waals surface area contributed by atoms with Crippen molar-refractivity contribution in [3.8, 4) is 0 Å². The minimum absolute atomic E-state index is 0. The Labute approximate surface area is 163 Å². The zero-order chi connectivity index (χ0) is 18.7. The maximum absolute atomic E-state index is 11.9. The lowest BCUT2D eigenvalue weighted by Gasteiger charge is -2.32. The molecule has 8 heteroatoms. The molecular weight excluding hydrogens is 360 g/mol. The summed E-state index contributed by atoms with van der Waals surface area (Å²) in [4.78, 5) is 13.6. The summed E-state index contributed by atoms with van der Waals surface area (Å²) >= 11 is 0. The Kier molecular flexibility index (Phi) is 14.0. The molecule has 0 unspecified atom stereocenters. The van der Waals surface area contributed by atoms with Crippen LogP contribution in [0.15, 0.2) is 12.2 Å². The number of nitrogens with zero attached hydrogens (tertiary/aromatic N) is 1. The minimum atomic E-state index is -1.12. The van der Waals surface area contributed by atoms with Gasteiger partial charge in [-0.05, 0) is 12.3 Å². The van der Waals surface area contributed by atoms with Crippen molar-refractivity contribution in [3.05, 3.63) is 12.2 Å². The van der Waals surface area contributed by atoms with Crippen LogP contribution < -0.4 is 5.32 Å². The molecule has 0 radical (unpaired) electrons. The Bertz CT molecular complexity index is 409. The zero-order valence-corrected chi connectivity index (χ0v) is 16.9. The fourth-order valence-corrected chi connectivity index (χ4v) is 2.46. The molecule has 0 aromatic carbocycles. The highest BCUT2D eigenvalue weighted by Gasteiger charge is 2.30. The van der Waals surface area contributed by atoms with Gasteiger partial charge in [0.25, 0.3) is 0 Å². The van der Waals surface area contributed by atoms with Crippen molar-refractivity contribution < 1.29 is 24.5 Å². The average molecular weight is 395 g/mol. The molecule has 7 nitrogen and oxygen atoms in total. The Balaban J connectivity index is 0.00000625. The van der Waals surface area contributed by atoms with E-state index in [4.69, 9.17) is 9.47 Å². The van der Waals surface area contributed by atoms with Crippen molar-refractivity contribution in [1.29, 1.82) is 0 Å². The summed E-state index contributed by atoms with van der Waals surface area (Å²) in [5, 5.41) is 23.9. The monoisotopic (exact) mass is 394 g/mol. The lowest BCUT2D eigenvalue weighted by atomic mass is 10.1. The topological polar surface area (TPSA) is 91.3 Å². The first-order valence-electron chi connectivity index (χ1n) is 9.08. The van der Waals surface area contributed by atoms with E-state index in [2.05, 4.69) is 19.2 Å². The van der Waals surface area contributed by atoms with Gasteiger partial charge in [0.1, 0.15) is 18.3 Å². The van der Waals surface area contributed by atoms with Gasteiger partial charge in [-0.15, -0.1) is 12.4 Å². The zero-order valence-electron chi connectivity index (χ0n) is 16.1. The third-order valence-electron chi connectivity index (χ3n) is 4.14. The Hall–Kier alpha value is -0.700. The van der Waals surface area contributed by atoms with Crippen molar-refractivity contribution in [1.82, 2.24) is 10.2 Å². The summed E-state index contributed by atoms with van der Waals surface area (Å²) in [7, 11) is 0. The molecule has 26 heavy (non-hydrogen) atoms. The molecule has 1 amide bonds. The first-order valence-corrected chi connectivity index (χ1v) is 9.08. The number of aliphatic hydroxyl groups excluding tert-OH is 2. The molecule has 1 rings (SSSR count). The van der Waals surface area contributed by atoms with E-state index in [0.29, 0.717) is 38.8 Å². The third kappa shape index (κ3) is 10.4. The van der Waals surface area contributed by atoms with Crippen molar-refractivity contribution in [3.63, 3.8) is 0 Å². The molecule has 0 fully saturated rings. The van der Waals surface area contributed by atoms with Crippen LogP contribution in [0.1, 0.15) is 27.2 Å². The quantitative estimate of drug-likeness (QED) is 0.604. The summed E-state index contributed by atoms with van der Waals surface area (Å²) in [6.45, 7) is 8.65. The molecule has 0 saturated heterocycles. The predicted molar refractivity (Wildman–Crippen MR) is 104 cm³/mol. The van der Waals surface area contributed by atoms with Gasteiger partial charge in [0.05, 0.1) is 13.2 Å². The van der Waals surface area contributed by atoms with E-state index >= 15 is 0 Å². The maximum atomic E-state index is 11.9. The van der Waals surface area contributed by atoms with Crippen LogP contribution in [-0.2, 0) is 14.3 Å². The standard InChI is InChI=1S/C18H34N2O5.ClH/c1-14(2)6-11-25-17-12-20(15(3)21)9-8-19-7-4-5-10-24-13-16(22)18(17)23;/h4-5,14,16-19,22-23H,6-13H2,1-3H3;1H/b5-4+;/t16-,17-,18-;/m1./s1. The number of hydrogen-bond acceptors (Lipinski definition) is 6. The summed E-state index contributed by atoms with van der Waals surface area (Å²) in [6.07, 6.45) is 1.81. The van der Waals surface area contributed by atoms with Gasteiger partial charge in [0.2, 0.25) is 5.91 Å². The van der Waals surface area contributed by atoms with Crippen LogP contribution in [-0.4, -0.2) is 85.3 Å². The maximum Gasteiger partial charge on any atom is 0.219 e. The Morgan fingerprint density at radius 3 is 2.77 bits per heavy atom. The first-order chi connectivity index (χ1) is 11.9. The molecule has 3 atom stereocenters. The number of carbonyl (C=O) groups excluding carboxylic acids is 1. The second kappa shape index (κ2) is 14.4. The molecule has 1 heterocycles. The van der Waals surface area contributed by atoms with E-state index in [9.17, 15) is 15.0 Å². The second-order valence-corrected chi connectivity index (χ2v) is 6.83. The number of carbonyl (C=O) groups is 1. The van der Waals surface area contributed by atoms with Crippen molar-refractivity contribution in [2.45, 2.75) is 45.5 Å². The summed E-state index contributed by atoms with van der Waals surface area (Å²) < 4.78 is 11.2. The van der Waals surface area contributed by atoms with Gasteiger partial charge in [0.15, 0.2) is 0 Å². The molecular formula is C18H35ClN2O5. The smallest absolute Gasteiger partial charge is 0.219 e. The fraction of sp³-hybridized carbons (Fsp3) is 0.833. The lowest BCUT2D eigenvalue weighted by Crippen LogP contribution is -2.50. The van der Waals surface area contributed by atoms with E-state index in [1.54, 1.807) is 4.90 Å². The van der Waals surface area contributed by atoms with Gasteiger partial charge in [-0.3, -0.25) is 4.79 Å². The van der Waals surface area contributed by atoms with Crippen molar-refractivity contribution >= 4 is 18.3 Å². The minimum Gasteiger partial charge on any atom is -0.388 e. The largest absolute Gasteiger partial charge is 0.388 e. The molecule has 0 spiro atoms. The molecule has 1 aliphatic rings. The van der Waals surface area contributed by atoms with Gasteiger partial charge >= 0.3 is 0 Å². The Morgan fingerprint density at radius 1 is 1.38 bits per heavy atom.